The molecule has 33 heavy (non-hydrogen) atoms. The number of benzene rings is 1. The fourth-order valence-electron chi connectivity index (χ4n) is 4.09. The van der Waals surface area contributed by atoms with Crippen LogP contribution in [0.5, 0.6) is 5.88 Å². The summed E-state index contributed by atoms with van der Waals surface area (Å²) in [5.41, 5.74) is 1.32. The maximum Gasteiger partial charge on any atom is 0.274 e. The van der Waals surface area contributed by atoms with Gasteiger partial charge < -0.3 is 15.0 Å². The van der Waals surface area contributed by atoms with Crippen LogP contribution in [0.1, 0.15) is 34.9 Å². The zero-order valence-corrected chi connectivity index (χ0v) is 17.7. The number of hydrogen-bond donors (Lipinski definition) is 1. The van der Waals surface area contributed by atoms with Crippen LogP contribution < -0.4 is 15.0 Å². The number of hydrogen-bond acceptors (Lipinski definition) is 6. The van der Waals surface area contributed by atoms with Crippen LogP contribution in [0.15, 0.2) is 54.9 Å². The molecule has 1 unspecified atom stereocenters. The summed E-state index contributed by atoms with van der Waals surface area (Å²) in [7, 11) is 1.47. The molecular weight excluding hydrogens is 430 g/mol. The predicted molar refractivity (Wildman–Crippen MR) is 117 cm³/mol. The SMILES string of the molecule is COc1cccc(C(=O)Nc2cnn3ccc(N4CCCC4c4cccc(F)c4F)nc23)n1. The average molecular weight is 450 g/mol. The second kappa shape index (κ2) is 8.45. The number of nitrogens with zero attached hydrogens (tertiary/aromatic N) is 5. The molecule has 0 saturated carbocycles. The molecule has 1 aliphatic rings. The van der Waals surface area contributed by atoms with Crippen LogP contribution in [0.2, 0.25) is 0 Å². The van der Waals surface area contributed by atoms with Crippen LogP contribution in [0.3, 0.4) is 0 Å². The summed E-state index contributed by atoms with van der Waals surface area (Å²) in [5.74, 6) is -1.22. The Labute approximate surface area is 187 Å². The van der Waals surface area contributed by atoms with Gasteiger partial charge in [0.1, 0.15) is 17.2 Å². The van der Waals surface area contributed by atoms with Gasteiger partial charge in [0, 0.05) is 24.4 Å². The van der Waals surface area contributed by atoms with Crippen molar-refractivity contribution in [2.24, 2.45) is 0 Å². The quantitative estimate of drug-likeness (QED) is 0.495. The van der Waals surface area contributed by atoms with Gasteiger partial charge in [-0.05, 0) is 31.0 Å². The first-order chi connectivity index (χ1) is 16.0. The van der Waals surface area contributed by atoms with E-state index in [9.17, 15) is 13.6 Å². The third-order valence-electron chi connectivity index (χ3n) is 5.66. The van der Waals surface area contributed by atoms with E-state index in [4.69, 9.17) is 4.74 Å². The van der Waals surface area contributed by atoms with Crippen molar-refractivity contribution in [2.75, 3.05) is 23.9 Å². The molecule has 1 saturated heterocycles. The van der Waals surface area contributed by atoms with Gasteiger partial charge in [0.05, 0.1) is 19.3 Å². The Morgan fingerprint density at radius 3 is 2.85 bits per heavy atom. The van der Waals surface area contributed by atoms with Gasteiger partial charge in [0.25, 0.3) is 5.91 Å². The van der Waals surface area contributed by atoms with Crippen molar-refractivity contribution in [1.82, 2.24) is 19.6 Å². The number of carbonyl (C=O) groups excluding carboxylic acids is 1. The second-order valence-electron chi connectivity index (χ2n) is 7.63. The Balaban J connectivity index is 1.45. The molecule has 8 nitrogen and oxygen atoms in total. The minimum atomic E-state index is -0.866. The van der Waals surface area contributed by atoms with E-state index < -0.39 is 17.5 Å². The highest BCUT2D eigenvalue weighted by Crippen LogP contribution is 2.37. The van der Waals surface area contributed by atoms with Gasteiger partial charge in [-0.2, -0.15) is 5.10 Å². The molecule has 0 radical (unpaired) electrons. The molecule has 4 heterocycles. The number of amides is 1. The molecule has 1 atom stereocenters. The molecular formula is C23H20F2N6O2. The van der Waals surface area contributed by atoms with Gasteiger partial charge in [-0.3, -0.25) is 4.79 Å². The molecule has 0 bridgehead atoms. The smallest absolute Gasteiger partial charge is 0.274 e. The lowest BCUT2D eigenvalue weighted by molar-refractivity contribution is 0.102. The first kappa shape index (κ1) is 20.8. The fourth-order valence-corrected chi connectivity index (χ4v) is 4.09. The summed E-state index contributed by atoms with van der Waals surface area (Å²) >= 11 is 0. The third kappa shape index (κ3) is 3.84. The first-order valence-corrected chi connectivity index (χ1v) is 10.4. The topological polar surface area (TPSA) is 84.6 Å². The van der Waals surface area contributed by atoms with Crippen molar-refractivity contribution in [2.45, 2.75) is 18.9 Å². The Bertz CT molecular complexity index is 1340. The number of anilines is 2. The maximum atomic E-state index is 14.5. The lowest BCUT2D eigenvalue weighted by Gasteiger charge is -2.26. The lowest BCUT2D eigenvalue weighted by atomic mass is 10.0. The van der Waals surface area contributed by atoms with E-state index in [1.165, 1.54) is 23.9 Å². The number of halogens is 2. The molecule has 1 aromatic carbocycles. The molecule has 3 aromatic heterocycles. The summed E-state index contributed by atoms with van der Waals surface area (Å²) in [6.45, 7) is 0.646. The van der Waals surface area contributed by atoms with E-state index in [-0.39, 0.29) is 11.7 Å². The van der Waals surface area contributed by atoms with E-state index in [1.54, 1.807) is 36.5 Å². The fraction of sp³-hybridized carbons (Fsp3) is 0.217. The summed E-state index contributed by atoms with van der Waals surface area (Å²) in [4.78, 5) is 23.4. The second-order valence-corrected chi connectivity index (χ2v) is 7.63. The summed E-state index contributed by atoms with van der Waals surface area (Å²) in [6.07, 6.45) is 4.71. The van der Waals surface area contributed by atoms with Gasteiger partial charge in [-0.1, -0.05) is 18.2 Å². The molecule has 1 N–H and O–H groups in total. The Hall–Kier alpha value is -4.08. The van der Waals surface area contributed by atoms with Crippen LogP contribution in [0.25, 0.3) is 5.65 Å². The number of aromatic nitrogens is 4. The van der Waals surface area contributed by atoms with Crippen LogP contribution in [0, 0.1) is 11.6 Å². The molecule has 168 valence electrons. The van der Waals surface area contributed by atoms with E-state index in [0.717, 1.165) is 12.5 Å². The molecule has 1 fully saturated rings. The van der Waals surface area contributed by atoms with Crippen molar-refractivity contribution >= 4 is 23.1 Å². The predicted octanol–water partition coefficient (Wildman–Crippen LogP) is 4.00. The van der Waals surface area contributed by atoms with Crippen LogP contribution in [-0.4, -0.2) is 39.1 Å². The number of pyridine rings is 1. The van der Waals surface area contributed by atoms with Gasteiger partial charge in [0.2, 0.25) is 5.88 Å². The first-order valence-electron chi connectivity index (χ1n) is 10.4. The van der Waals surface area contributed by atoms with Crippen molar-refractivity contribution in [3.05, 3.63) is 77.8 Å². The van der Waals surface area contributed by atoms with E-state index >= 15 is 0 Å². The Morgan fingerprint density at radius 1 is 1.15 bits per heavy atom. The monoisotopic (exact) mass is 450 g/mol. The van der Waals surface area contributed by atoms with E-state index in [1.807, 2.05) is 4.90 Å². The summed E-state index contributed by atoms with van der Waals surface area (Å²) in [5, 5.41) is 7.01. The van der Waals surface area contributed by atoms with Crippen molar-refractivity contribution < 1.29 is 18.3 Å². The van der Waals surface area contributed by atoms with Crippen LogP contribution >= 0.6 is 0 Å². The Morgan fingerprint density at radius 2 is 2.00 bits per heavy atom. The molecule has 1 amide bonds. The van der Waals surface area contributed by atoms with Crippen molar-refractivity contribution in [3.63, 3.8) is 0 Å². The van der Waals surface area contributed by atoms with Crippen molar-refractivity contribution in [1.29, 1.82) is 0 Å². The van der Waals surface area contributed by atoms with E-state index in [0.29, 0.717) is 41.6 Å². The molecule has 1 aliphatic heterocycles. The van der Waals surface area contributed by atoms with Crippen LogP contribution in [-0.2, 0) is 0 Å². The molecule has 0 spiro atoms. The number of nitrogens with one attached hydrogen (secondary N) is 1. The molecule has 4 aromatic rings. The average Bonchev–Trinajstić information content (AvgIpc) is 3.48. The minimum absolute atomic E-state index is 0.186. The number of carbonyl (C=O) groups is 1. The van der Waals surface area contributed by atoms with Gasteiger partial charge in [-0.25, -0.2) is 23.3 Å². The van der Waals surface area contributed by atoms with Gasteiger partial charge >= 0.3 is 0 Å². The zero-order valence-electron chi connectivity index (χ0n) is 17.7. The molecule has 5 rings (SSSR count). The number of fused-ring (bicyclic) bond motifs is 1. The minimum Gasteiger partial charge on any atom is -0.481 e. The van der Waals surface area contributed by atoms with Gasteiger partial charge in [0.15, 0.2) is 17.3 Å². The van der Waals surface area contributed by atoms with Gasteiger partial charge in [-0.15, -0.1) is 0 Å². The highest BCUT2D eigenvalue weighted by atomic mass is 19.2. The van der Waals surface area contributed by atoms with E-state index in [2.05, 4.69) is 20.4 Å². The van der Waals surface area contributed by atoms with Crippen LogP contribution in [0.4, 0.5) is 20.3 Å². The number of rotatable bonds is 5. The summed E-state index contributed by atoms with van der Waals surface area (Å²) < 4.78 is 34.9. The number of methoxy groups -OCH3 is 1. The molecule has 10 heteroatoms. The summed E-state index contributed by atoms with van der Waals surface area (Å²) in [6, 6.07) is 10.6. The highest BCUT2D eigenvalue weighted by molar-refractivity contribution is 6.04. The normalized spacial score (nSPS) is 15.7. The zero-order chi connectivity index (χ0) is 22.9. The Kier molecular flexibility index (Phi) is 5.33. The third-order valence-corrected chi connectivity index (χ3v) is 5.66. The maximum absolute atomic E-state index is 14.5. The standard InChI is InChI=1S/C23H20F2N6O2/c1-33-20-9-3-7-16(27-20)23(32)28-17-13-26-31-12-10-19(29-22(17)31)30-11-4-8-18(30)14-5-2-6-15(24)21(14)25/h2-3,5-7,9-10,12-13,18H,4,8,11H2,1H3,(H,28,32). The largest absolute Gasteiger partial charge is 0.481 e. The number of ether oxygens (including phenoxy) is 1. The highest BCUT2D eigenvalue weighted by Gasteiger charge is 2.30. The molecule has 0 aliphatic carbocycles. The van der Waals surface area contributed by atoms with Crippen molar-refractivity contribution in [3.8, 4) is 5.88 Å². The lowest BCUT2D eigenvalue weighted by Crippen LogP contribution is -2.24.